The van der Waals surface area contributed by atoms with E-state index in [4.69, 9.17) is 9.47 Å². The van der Waals surface area contributed by atoms with Crippen molar-refractivity contribution in [3.63, 3.8) is 0 Å². The standard InChI is InChI=1S/C23H19N3O4/c1-15-6-2-3-7-17(15)24-23(28)22-18-8-4-5-11-25(18)13-21(27)26(22)16-9-10-19-20(12-16)30-14-29-19/h2-12,22H,13-14H2,1H3/p+1. The van der Waals surface area contributed by atoms with Crippen molar-refractivity contribution < 1.29 is 23.6 Å². The van der Waals surface area contributed by atoms with Crippen molar-refractivity contribution in [1.29, 1.82) is 0 Å². The average Bonchev–Trinajstić information content (AvgIpc) is 3.22. The van der Waals surface area contributed by atoms with Crippen molar-refractivity contribution >= 4 is 23.2 Å². The van der Waals surface area contributed by atoms with E-state index in [1.807, 2.05) is 60.2 Å². The molecule has 2 aliphatic heterocycles. The van der Waals surface area contributed by atoms with Crippen LogP contribution in [0.4, 0.5) is 11.4 Å². The van der Waals surface area contributed by atoms with Crippen LogP contribution in [0.1, 0.15) is 17.3 Å². The topological polar surface area (TPSA) is 71.8 Å². The van der Waals surface area contributed by atoms with Crippen LogP contribution in [0.15, 0.2) is 66.9 Å². The molecule has 2 amide bonds. The molecule has 0 spiro atoms. The quantitative estimate of drug-likeness (QED) is 0.684. The fourth-order valence-electron chi connectivity index (χ4n) is 3.87. The zero-order valence-corrected chi connectivity index (χ0v) is 16.4. The van der Waals surface area contributed by atoms with E-state index >= 15 is 0 Å². The first kappa shape index (κ1) is 18.2. The summed E-state index contributed by atoms with van der Waals surface area (Å²) >= 11 is 0. The maximum atomic E-state index is 13.5. The van der Waals surface area contributed by atoms with Gasteiger partial charge in [0, 0.05) is 29.6 Å². The molecule has 1 N–H and O–H groups in total. The summed E-state index contributed by atoms with van der Waals surface area (Å²) in [7, 11) is 0. The molecule has 0 saturated heterocycles. The van der Waals surface area contributed by atoms with Gasteiger partial charge in [-0.2, -0.15) is 4.57 Å². The SMILES string of the molecule is Cc1ccccc1NC(=O)C1c2cccc[n+]2CC(=O)N1c1ccc2c(c1)OCO2. The second-order valence-corrected chi connectivity index (χ2v) is 7.26. The molecule has 7 nitrogen and oxygen atoms in total. The Bertz CT molecular complexity index is 1160. The minimum absolute atomic E-state index is 0.141. The Morgan fingerprint density at radius 3 is 2.73 bits per heavy atom. The van der Waals surface area contributed by atoms with Crippen LogP contribution in [-0.2, 0) is 16.1 Å². The molecule has 0 fully saturated rings. The molecule has 5 rings (SSSR count). The van der Waals surface area contributed by atoms with Crippen LogP contribution in [0, 0.1) is 6.92 Å². The van der Waals surface area contributed by atoms with E-state index in [0.29, 0.717) is 22.9 Å². The Hall–Kier alpha value is -3.87. The van der Waals surface area contributed by atoms with E-state index in [1.54, 1.807) is 18.2 Å². The summed E-state index contributed by atoms with van der Waals surface area (Å²) in [6.45, 7) is 2.22. The van der Waals surface area contributed by atoms with Crippen molar-refractivity contribution in [2.24, 2.45) is 0 Å². The highest BCUT2D eigenvalue weighted by Crippen LogP contribution is 2.38. The number of rotatable bonds is 3. The third-order valence-electron chi connectivity index (χ3n) is 5.37. The number of anilines is 2. The van der Waals surface area contributed by atoms with Crippen LogP contribution in [-0.4, -0.2) is 18.6 Å². The van der Waals surface area contributed by atoms with Gasteiger partial charge >= 0.3 is 0 Å². The first-order chi connectivity index (χ1) is 14.6. The third-order valence-corrected chi connectivity index (χ3v) is 5.37. The van der Waals surface area contributed by atoms with Crippen LogP contribution < -0.4 is 24.3 Å². The number of carbonyl (C=O) groups excluding carboxylic acids is 2. The molecule has 0 saturated carbocycles. The van der Waals surface area contributed by atoms with Crippen molar-refractivity contribution in [1.82, 2.24) is 0 Å². The molecule has 1 unspecified atom stereocenters. The summed E-state index contributed by atoms with van der Waals surface area (Å²) < 4.78 is 12.7. The van der Waals surface area contributed by atoms with E-state index in [1.165, 1.54) is 4.90 Å². The molecule has 0 bridgehead atoms. The summed E-state index contributed by atoms with van der Waals surface area (Å²) in [5.74, 6) is 0.723. The van der Waals surface area contributed by atoms with Crippen LogP contribution >= 0.6 is 0 Å². The summed E-state index contributed by atoms with van der Waals surface area (Å²) in [5.41, 5.74) is 2.99. The van der Waals surface area contributed by atoms with Crippen LogP contribution in [0.5, 0.6) is 11.5 Å². The van der Waals surface area contributed by atoms with Gasteiger partial charge in [0.25, 0.3) is 11.8 Å². The molecule has 1 atom stereocenters. The Morgan fingerprint density at radius 2 is 1.87 bits per heavy atom. The maximum absolute atomic E-state index is 13.5. The lowest BCUT2D eigenvalue weighted by atomic mass is 10.0. The summed E-state index contributed by atoms with van der Waals surface area (Å²) in [6, 6.07) is 17.6. The van der Waals surface area contributed by atoms with Gasteiger partial charge in [-0.3, -0.25) is 14.5 Å². The zero-order valence-electron chi connectivity index (χ0n) is 16.4. The Balaban J connectivity index is 1.58. The van der Waals surface area contributed by atoms with Gasteiger partial charge in [0.05, 0.1) is 0 Å². The zero-order chi connectivity index (χ0) is 20.7. The van der Waals surface area contributed by atoms with Gasteiger partial charge in [0.2, 0.25) is 25.1 Å². The largest absolute Gasteiger partial charge is 0.454 e. The summed E-state index contributed by atoms with van der Waals surface area (Å²) in [6.07, 6.45) is 1.82. The van der Waals surface area contributed by atoms with E-state index < -0.39 is 6.04 Å². The fourth-order valence-corrected chi connectivity index (χ4v) is 3.87. The molecule has 30 heavy (non-hydrogen) atoms. The Kier molecular flexibility index (Phi) is 4.35. The molecule has 3 heterocycles. The van der Waals surface area contributed by atoms with E-state index in [2.05, 4.69) is 5.32 Å². The van der Waals surface area contributed by atoms with E-state index in [9.17, 15) is 9.59 Å². The molecule has 3 aromatic rings. The predicted octanol–water partition coefficient (Wildman–Crippen LogP) is 2.74. The predicted molar refractivity (Wildman–Crippen MR) is 109 cm³/mol. The third kappa shape index (κ3) is 3.04. The maximum Gasteiger partial charge on any atom is 0.294 e. The number of aryl methyl sites for hydroxylation is 1. The smallest absolute Gasteiger partial charge is 0.294 e. The van der Waals surface area contributed by atoms with E-state index in [-0.39, 0.29) is 25.2 Å². The van der Waals surface area contributed by atoms with Gasteiger partial charge in [0.15, 0.2) is 17.7 Å². The number of aromatic nitrogens is 1. The number of nitrogens with zero attached hydrogens (tertiary/aromatic N) is 2. The number of nitrogens with one attached hydrogen (secondary N) is 1. The minimum Gasteiger partial charge on any atom is -0.454 e. The lowest BCUT2D eigenvalue weighted by molar-refractivity contribution is -0.695. The highest BCUT2D eigenvalue weighted by Gasteiger charge is 2.44. The molecular weight excluding hydrogens is 382 g/mol. The molecule has 1 aromatic heterocycles. The van der Waals surface area contributed by atoms with Gasteiger partial charge in [0.1, 0.15) is 0 Å². The van der Waals surface area contributed by atoms with E-state index in [0.717, 1.165) is 11.3 Å². The van der Waals surface area contributed by atoms with Crippen molar-refractivity contribution in [2.75, 3.05) is 17.0 Å². The van der Waals surface area contributed by atoms with Crippen molar-refractivity contribution in [3.8, 4) is 11.5 Å². The molecule has 0 radical (unpaired) electrons. The number of pyridine rings is 1. The van der Waals surface area contributed by atoms with Gasteiger partial charge in [-0.25, -0.2) is 0 Å². The highest BCUT2D eigenvalue weighted by atomic mass is 16.7. The number of amides is 2. The first-order valence-corrected chi connectivity index (χ1v) is 9.68. The number of hydrogen-bond donors (Lipinski definition) is 1. The highest BCUT2D eigenvalue weighted by molar-refractivity contribution is 6.05. The molecule has 2 aliphatic rings. The first-order valence-electron chi connectivity index (χ1n) is 9.68. The number of carbonyl (C=O) groups is 2. The van der Waals surface area contributed by atoms with Gasteiger partial charge < -0.3 is 14.8 Å². The fraction of sp³-hybridized carbons (Fsp3) is 0.174. The van der Waals surface area contributed by atoms with Crippen molar-refractivity contribution in [3.05, 3.63) is 78.1 Å². The van der Waals surface area contributed by atoms with Crippen LogP contribution in [0.3, 0.4) is 0 Å². The Morgan fingerprint density at radius 1 is 1.07 bits per heavy atom. The van der Waals surface area contributed by atoms with Crippen LogP contribution in [0.25, 0.3) is 0 Å². The summed E-state index contributed by atoms with van der Waals surface area (Å²) in [4.78, 5) is 28.1. The minimum atomic E-state index is -0.826. The van der Waals surface area contributed by atoms with Gasteiger partial charge in [-0.05, 0) is 30.7 Å². The molecule has 150 valence electrons. The monoisotopic (exact) mass is 402 g/mol. The Labute approximate surface area is 173 Å². The number of fused-ring (bicyclic) bond motifs is 2. The molecule has 7 heteroatoms. The van der Waals surface area contributed by atoms with Gasteiger partial charge in [-0.1, -0.05) is 24.3 Å². The van der Waals surface area contributed by atoms with Crippen molar-refractivity contribution in [2.45, 2.75) is 19.5 Å². The number of para-hydroxylation sites is 1. The lowest BCUT2D eigenvalue weighted by Crippen LogP contribution is -2.58. The average molecular weight is 402 g/mol. The molecular formula is C23H20N3O4+. The second kappa shape index (κ2) is 7.18. The second-order valence-electron chi connectivity index (χ2n) is 7.26. The molecule has 0 aliphatic carbocycles. The summed E-state index contributed by atoms with van der Waals surface area (Å²) in [5, 5.41) is 2.99. The number of ether oxygens (including phenoxy) is 2. The van der Waals surface area contributed by atoms with Crippen LogP contribution in [0.2, 0.25) is 0 Å². The number of benzene rings is 2. The van der Waals surface area contributed by atoms with Gasteiger partial charge in [-0.15, -0.1) is 0 Å². The normalized spacial score (nSPS) is 16.9. The molecule has 2 aromatic carbocycles. The number of hydrogen-bond acceptors (Lipinski definition) is 4. The lowest BCUT2D eigenvalue weighted by Gasteiger charge is -2.32.